The van der Waals surface area contributed by atoms with Gasteiger partial charge in [-0.2, -0.15) is 13.2 Å². The van der Waals surface area contributed by atoms with Crippen molar-refractivity contribution in [1.82, 2.24) is 5.16 Å². The molecule has 0 spiro atoms. The second kappa shape index (κ2) is 5.65. The standard InChI is InChI=1S/C12H8ClF3N2O3/c13-8-2-1-6(12(14,15)16)3-9(8)17-5-7-4-10(11(19)20)18-21-7/h1-4,17H,5H2,(H,19,20). The van der Waals surface area contributed by atoms with Gasteiger partial charge in [0, 0.05) is 6.07 Å². The van der Waals surface area contributed by atoms with Crippen LogP contribution >= 0.6 is 11.6 Å². The van der Waals surface area contributed by atoms with Crippen molar-refractivity contribution in [3.63, 3.8) is 0 Å². The smallest absolute Gasteiger partial charge is 0.416 e. The molecule has 21 heavy (non-hydrogen) atoms. The Balaban J connectivity index is 2.13. The van der Waals surface area contributed by atoms with Crippen molar-refractivity contribution in [3.8, 4) is 0 Å². The number of nitrogens with zero attached hydrogens (tertiary/aromatic N) is 1. The molecule has 0 fully saturated rings. The lowest BCUT2D eigenvalue weighted by molar-refractivity contribution is -0.137. The summed E-state index contributed by atoms with van der Waals surface area (Å²) in [5.41, 5.74) is -1.08. The summed E-state index contributed by atoms with van der Waals surface area (Å²) >= 11 is 5.80. The van der Waals surface area contributed by atoms with Crippen LogP contribution in [-0.4, -0.2) is 16.2 Å². The minimum Gasteiger partial charge on any atom is -0.476 e. The Morgan fingerprint density at radius 2 is 2.10 bits per heavy atom. The fourth-order valence-corrected chi connectivity index (χ4v) is 1.70. The number of rotatable bonds is 4. The Morgan fingerprint density at radius 3 is 2.67 bits per heavy atom. The molecule has 0 aliphatic heterocycles. The van der Waals surface area contributed by atoms with Crippen LogP contribution in [0.4, 0.5) is 18.9 Å². The van der Waals surface area contributed by atoms with Crippen molar-refractivity contribution in [3.05, 3.63) is 46.3 Å². The van der Waals surface area contributed by atoms with E-state index >= 15 is 0 Å². The first kappa shape index (κ1) is 15.2. The maximum Gasteiger partial charge on any atom is 0.416 e. The first-order chi connectivity index (χ1) is 9.77. The lowest BCUT2D eigenvalue weighted by atomic mass is 10.2. The number of benzene rings is 1. The summed E-state index contributed by atoms with van der Waals surface area (Å²) in [5, 5.41) is 14.7. The van der Waals surface area contributed by atoms with Crippen molar-refractivity contribution in [2.45, 2.75) is 12.7 Å². The van der Waals surface area contributed by atoms with E-state index in [-0.39, 0.29) is 28.7 Å². The number of alkyl halides is 3. The number of carboxylic acids is 1. The molecule has 0 bridgehead atoms. The Bertz CT molecular complexity index is 670. The quantitative estimate of drug-likeness (QED) is 0.899. The molecule has 5 nitrogen and oxygen atoms in total. The van der Waals surface area contributed by atoms with Gasteiger partial charge < -0.3 is 14.9 Å². The molecule has 2 rings (SSSR count). The Morgan fingerprint density at radius 1 is 1.38 bits per heavy atom. The molecule has 1 aromatic heterocycles. The summed E-state index contributed by atoms with van der Waals surface area (Å²) < 4.78 is 42.5. The second-order valence-corrected chi connectivity index (χ2v) is 4.44. The van der Waals surface area contributed by atoms with Gasteiger partial charge in [0.15, 0.2) is 11.5 Å². The normalized spacial score (nSPS) is 11.4. The van der Waals surface area contributed by atoms with Crippen LogP contribution in [0.1, 0.15) is 21.8 Å². The van der Waals surface area contributed by atoms with Crippen LogP contribution in [0.2, 0.25) is 5.02 Å². The van der Waals surface area contributed by atoms with Gasteiger partial charge in [-0.05, 0) is 18.2 Å². The fraction of sp³-hybridized carbons (Fsp3) is 0.167. The summed E-state index contributed by atoms with van der Waals surface area (Å²) in [6.07, 6.45) is -4.48. The van der Waals surface area contributed by atoms with E-state index in [2.05, 4.69) is 10.5 Å². The highest BCUT2D eigenvalue weighted by atomic mass is 35.5. The highest BCUT2D eigenvalue weighted by molar-refractivity contribution is 6.33. The van der Waals surface area contributed by atoms with Gasteiger partial charge in [0.2, 0.25) is 0 Å². The first-order valence-corrected chi connectivity index (χ1v) is 5.94. The third-order valence-corrected chi connectivity index (χ3v) is 2.85. The molecule has 0 amide bonds. The molecule has 2 N–H and O–H groups in total. The van der Waals surface area contributed by atoms with Gasteiger partial charge in [0.1, 0.15) is 0 Å². The molecular formula is C12H8ClF3N2O3. The van der Waals surface area contributed by atoms with E-state index in [1.807, 2.05) is 0 Å². The minimum atomic E-state index is -4.48. The fourth-order valence-electron chi connectivity index (χ4n) is 1.52. The zero-order chi connectivity index (χ0) is 15.6. The second-order valence-electron chi connectivity index (χ2n) is 4.03. The van der Waals surface area contributed by atoms with Gasteiger partial charge in [-0.3, -0.25) is 0 Å². The zero-order valence-electron chi connectivity index (χ0n) is 10.2. The van der Waals surface area contributed by atoms with Crippen molar-refractivity contribution in [2.75, 3.05) is 5.32 Å². The number of nitrogens with one attached hydrogen (secondary N) is 1. The molecule has 0 saturated carbocycles. The molecular weight excluding hydrogens is 313 g/mol. The lowest BCUT2D eigenvalue weighted by Gasteiger charge is -2.11. The number of carboxylic acid groups (broad SMARTS) is 1. The molecule has 1 aromatic carbocycles. The molecule has 0 radical (unpaired) electrons. The Hall–Kier alpha value is -2.22. The average molecular weight is 321 g/mol. The van der Waals surface area contributed by atoms with E-state index in [0.717, 1.165) is 24.3 Å². The number of hydrogen-bond acceptors (Lipinski definition) is 4. The van der Waals surface area contributed by atoms with Crippen LogP contribution in [0.15, 0.2) is 28.8 Å². The Kier molecular flexibility index (Phi) is 4.08. The van der Waals surface area contributed by atoms with Crippen LogP contribution < -0.4 is 5.32 Å². The number of anilines is 1. The molecule has 9 heteroatoms. The molecule has 1 heterocycles. The summed E-state index contributed by atoms with van der Waals surface area (Å²) in [6, 6.07) is 4.01. The monoisotopic (exact) mass is 320 g/mol. The van der Waals surface area contributed by atoms with Crippen LogP contribution in [0.25, 0.3) is 0 Å². The SMILES string of the molecule is O=C(O)c1cc(CNc2cc(C(F)(F)F)ccc2Cl)on1. The predicted molar refractivity (Wildman–Crippen MR) is 67.2 cm³/mol. The number of carbonyl (C=O) groups is 1. The van der Waals surface area contributed by atoms with Gasteiger partial charge in [0.25, 0.3) is 0 Å². The van der Waals surface area contributed by atoms with Crippen molar-refractivity contribution in [2.24, 2.45) is 0 Å². The molecule has 0 aliphatic carbocycles. The maximum atomic E-state index is 12.6. The molecule has 0 unspecified atom stereocenters. The molecule has 0 saturated heterocycles. The van der Waals surface area contributed by atoms with Crippen molar-refractivity contribution < 1.29 is 27.6 Å². The molecule has 0 atom stereocenters. The van der Waals surface area contributed by atoms with Crippen molar-refractivity contribution >= 4 is 23.3 Å². The van der Waals surface area contributed by atoms with Gasteiger partial charge in [-0.25, -0.2) is 4.79 Å². The Labute approximate surface area is 121 Å². The van der Waals surface area contributed by atoms with Crippen molar-refractivity contribution in [1.29, 1.82) is 0 Å². The lowest BCUT2D eigenvalue weighted by Crippen LogP contribution is -2.06. The first-order valence-electron chi connectivity index (χ1n) is 5.57. The summed E-state index contributed by atoms with van der Waals surface area (Å²) in [5.74, 6) is -1.11. The highest BCUT2D eigenvalue weighted by Crippen LogP contribution is 2.33. The molecule has 2 aromatic rings. The van der Waals surface area contributed by atoms with Crippen LogP contribution in [0.3, 0.4) is 0 Å². The van der Waals surface area contributed by atoms with E-state index in [4.69, 9.17) is 21.2 Å². The summed E-state index contributed by atoms with van der Waals surface area (Å²) in [6.45, 7) is -0.0543. The van der Waals surface area contributed by atoms with Crippen LogP contribution in [0.5, 0.6) is 0 Å². The van der Waals surface area contributed by atoms with E-state index in [0.29, 0.717) is 0 Å². The zero-order valence-corrected chi connectivity index (χ0v) is 11.0. The third-order valence-electron chi connectivity index (χ3n) is 2.52. The van der Waals surface area contributed by atoms with Gasteiger partial charge in [0.05, 0.1) is 22.8 Å². The molecule has 112 valence electrons. The minimum absolute atomic E-state index is 0.0543. The average Bonchev–Trinajstić information content (AvgIpc) is 2.85. The number of aromatic nitrogens is 1. The topological polar surface area (TPSA) is 75.4 Å². The molecule has 0 aliphatic rings. The van der Waals surface area contributed by atoms with Gasteiger partial charge in [-0.15, -0.1) is 0 Å². The van der Waals surface area contributed by atoms with Gasteiger partial charge >= 0.3 is 12.1 Å². The van der Waals surface area contributed by atoms with E-state index in [1.54, 1.807) is 0 Å². The number of aromatic carboxylic acids is 1. The highest BCUT2D eigenvalue weighted by Gasteiger charge is 2.30. The van der Waals surface area contributed by atoms with E-state index in [1.165, 1.54) is 0 Å². The maximum absolute atomic E-state index is 12.6. The number of halogens is 4. The number of hydrogen-bond donors (Lipinski definition) is 2. The van der Waals surface area contributed by atoms with E-state index in [9.17, 15) is 18.0 Å². The summed E-state index contributed by atoms with van der Waals surface area (Å²) in [7, 11) is 0. The van der Waals surface area contributed by atoms with E-state index < -0.39 is 17.7 Å². The summed E-state index contributed by atoms with van der Waals surface area (Å²) in [4.78, 5) is 10.6. The third kappa shape index (κ3) is 3.66. The predicted octanol–water partition coefficient (Wildman–Crippen LogP) is 3.66. The van der Waals surface area contributed by atoms with Crippen LogP contribution in [-0.2, 0) is 12.7 Å². The largest absolute Gasteiger partial charge is 0.476 e. The van der Waals surface area contributed by atoms with Crippen LogP contribution in [0, 0.1) is 0 Å². The van der Waals surface area contributed by atoms with Gasteiger partial charge in [-0.1, -0.05) is 16.8 Å².